The average molecular weight is 258 g/mol. The minimum atomic E-state index is 0.0735. The summed E-state index contributed by atoms with van der Waals surface area (Å²) in [6.45, 7) is 4.94. The molecule has 2 aromatic heterocycles. The van der Waals surface area contributed by atoms with Crippen molar-refractivity contribution in [2.24, 2.45) is 0 Å². The van der Waals surface area contributed by atoms with Crippen molar-refractivity contribution >= 4 is 5.82 Å². The molecule has 19 heavy (non-hydrogen) atoms. The lowest BCUT2D eigenvalue weighted by atomic mass is 10.2. The number of nitrogens with one attached hydrogen (secondary N) is 1. The van der Waals surface area contributed by atoms with E-state index in [1.807, 2.05) is 10.7 Å². The van der Waals surface area contributed by atoms with E-state index in [9.17, 15) is 0 Å². The predicted molar refractivity (Wildman–Crippen MR) is 71.7 cm³/mol. The van der Waals surface area contributed by atoms with Crippen LogP contribution in [0.3, 0.4) is 0 Å². The molecule has 0 aromatic carbocycles. The maximum atomic E-state index is 4.32. The van der Waals surface area contributed by atoms with E-state index in [2.05, 4.69) is 39.2 Å². The van der Waals surface area contributed by atoms with Crippen LogP contribution in [0, 0.1) is 0 Å². The van der Waals surface area contributed by atoms with E-state index in [1.54, 1.807) is 12.7 Å². The van der Waals surface area contributed by atoms with Crippen LogP contribution in [0.5, 0.6) is 0 Å². The summed E-state index contributed by atoms with van der Waals surface area (Å²) in [6, 6.07) is 2.12. The first-order chi connectivity index (χ1) is 9.28. The second-order valence-corrected chi connectivity index (χ2v) is 4.90. The van der Waals surface area contributed by atoms with Gasteiger partial charge < -0.3 is 5.32 Å². The van der Waals surface area contributed by atoms with Gasteiger partial charge in [0.05, 0.1) is 6.04 Å². The SMILES string of the molecule is CCn1ncnc1[C@@H](C)Nc1cc(C2CC2)ncn1. The van der Waals surface area contributed by atoms with Crippen LogP contribution < -0.4 is 5.32 Å². The van der Waals surface area contributed by atoms with Crippen LogP contribution in [0.15, 0.2) is 18.7 Å². The van der Waals surface area contributed by atoms with Gasteiger partial charge in [0.2, 0.25) is 0 Å². The first-order valence-electron chi connectivity index (χ1n) is 6.74. The zero-order valence-electron chi connectivity index (χ0n) is 11.2. The third-order valence-corrected chi connectivity index (χ3v) is 3.38. The number of hydrogen-bond donors (Lipinski definition) is 1. The van der Waals surface area contributed by atoms with Gasteiger partial charge in [0.1, 0.15) is 24.3 Å². The standard InChI is InChI=1S/C13H18N6/c1-3-19-13(16-8-17-19)9(2)18-12-6-11(10-4-5-10)14-7-15-12/h6-10H,3-5H2,1-2H3,(H,14,15,18)/t9-/m1/s1. The molecule has 0 saturated heterocycles. The Morgan fingerprint density at radius 1 is 1.32 bits per heavy atom. The summed E-state index contributed by atoms with van der Waals surface area (Å²) in [6.07, 6.45) is 5.71. The summed E-state index contributed by atoms with van der Waals surface area (Å²) in [5.41, 5.74) is 1.14. The maximum Gasteiger partial charge on any atom is 0.149 e. The second kappa shape index (κ2) is 4.95. The molecule has 0 spiro atoms. The van der Waals surface area contributed by atoms with E-state index >= 15 is 0 Å². The minimum Gasteiger partial charge on any atom is -0.360 e. The Morgan fingerprint density at radius 2 is 2.16 bits per heavy atom. The smallest absolute Gasteiger partial charge is 0.149 e. The molecule has 0 radical (unpaired) electrons. The molecule has 0 amide bonds. The molecule has 1 aliphatic carbocycles. The van der Waals surface area contributed by atoms with Gasteiger partial charge in [-0.05, 0) is 26.7 Å². The van der Waals surface area contributed by atoms with Gasteiger partial charge in [-0.15, -0.1) is 0 Å². The summed E-state index contributed by atoms with van der Waals surface area (Å²) in [5.74, 6) is 2.42. The van der Waals surface area contributed by atoms with Gasteiger partial charge in [-0.25, -0.2) is 19.6 Å². The van der Waals surface area contributed by atoms with Crippen molar-refractivity contribution in [1.29, 1.82) is 0 Å². The molecule has 1 atom stereocenters. The van der Waals surface area contributed by atoms with Gasteiger partial charge in [-0.2, -0.15) is 5.10 Å². The van der Waals surface area contributed by atoms with Crippen LogP contribution in [-0.2, 0) is 6.54 Å². The molecule has 1 saturated carbocycles. The largest absolute Gasteiger partial charge is 0.360 e. The van der Waals surface area contributed by atoms with Crippen molar-refractivity contribution < 1.29 is 0 Å². The van der Waals surface area contributed by atoms with Gasteiger partial charge in [0.15, 0.2) is 0 Å². The van der Waals surface area contributed by atoms with Gasteiger partial charge >= 0.3 is 0 Å². The number of rotatable bonds is 5. The van der Waals surface area contributed by atoms with Crippen LogP contribution in [0.4, 0.5) is 5.82 Å². The molecule has 1 N–H and O–H groups in total. The number of aromatic nitrogens is 5. The van der Waals surface area contributed by atoms with E-state index in [0.29, 0.717) is 5.92 Å². The highest BCUT2D eigenvalue weighted by molar-refractivity contribution is 5.38. The fraction of sp³-hybridized carbons (Fsp3) is 0.538. The molecule has 1 fully saturated rings. The number of hydrogen-bond acceptors (Lipinski definition) is 5. The highest BCUT2D eigenvalue weighted by Crippen LogP contribution is 2.39. The second-order valence-electron chi connectivity index (χ2n) is 4.90. The zero-order valence-corrected chi connectivity index (χ0v) is 11.2. The first-order valence-corrected chi connectivity index (χ1v) is 6.74. The van der Waals surface area contributed by atoms with Crippen molar-refractivity contribution in [3.8, 4) is 0 Å². The van der Waals surface area contributed by atoms with Crippen molar-refractivity contribution in [1.82, 2.24) is 24.7 Å². The summed E-state index contributed by atoms with van der Waals surface area (Å²) in [5, 5.41) is 7.55. The normalized spacial score (nSPS) is 16.3. The average Bonchev–Trinajstić information content (AvgIpc) is 3.16. The Balaban J connectivity index is 1.75. The summed E-state index contributed by atoms with van der Waals surface area (Å²) < 4.78 is 1.89. The van der Waals surface area contributed by atoms with Gasteiger partial charge in [0.25, 0.3) is 0 Å². The minimum absolute atomic E-state index is 0.0735. The third-order valence-electron chi connectivity index (χ3n) is 3.38. The topological polar surface area (TPSA) is 68.5 Å². The molecular formula is C13H18N6. The highest BCUT2D eigenvalue weighted by Gasteiger charge is 2.25. The fourth-order valence-corrected chi connectivity index (χ4v) is 2.19. The molecular weight excluding hydrogens is 240 g/mol. The van der Waals surface area contributed by atoms with E-state index < -0.39 is 0 Å². The third kappa shape index (κ3) is 2.57. The van der Waals surface area contributed by atoms with Gasteiger partial charge in [0, 0.05) is 24.2 Å². The maximum absolute atomic E-state index is 4.32. The van der Waals surface area contributed by atoms with E-state index in [0.717, 1.165) is 23.9 Å². The van der Waals surface area contributed by atoms with Crippen LogP contribution in [0.1, 0.15) is 50.2 Å². The van der Waals surface area contributed by atoms with Crippen molar-refractivity contribution in [3.63, 3.8) is 0 Å². The van der Waals surface area contributed by atoms with Crippen LogP contribution in [0.25, 0.3) is 0 Å². The lowest BCUT2D eigenvalue weighted by molar-refractivity contribution is 0.592. The van der Waals surface area contributed by atoms with Crippen LogP contribution in [0.2, 0.25) is 0 Å². The number of aryl methyl sites for hydroxylation is 1. The molecule has 0 bridgehead atoms. The Morgan fingerprint density at radius 3 is 2.89 bits per heavy atom. The lowest BCUT2D eigenvalue weighted by Gasteiger charge is -2.14. The molecule has 3 rings (SSSR count). The monoisotopic (exact) mass is 258 g/mol. The predicted octanol–water partition coefficient (Wildman–Crippen LogP) is 2.14. The summed E-state index contributed by atoms with van der Waals surface area (Å²) in [4.78, 5) is 12.9. The number of anilines is 1. The van der Waals surface area contributed by atoms with E-state index in [1.165, 1.54) is 12.8 Å². The molecule has 2 aromatic rings. The van der Waals surface area contributed by atoms with Crippen LogP contribution in [-0.4, -0.2) is 24.7 Å². The molecule has 100 valence electrons. The lowest BCUT2D eigenvalue weighted by Crippen LogP contribution is -2.15. The Kier molecular flexibility index (Phi) is 3.15. The van der Waals surface area contributed by atoms with Crippen LogP contribution >= 0.6 is 0 Å². The molecule has 0 aliphatic heterocycles. The number of nitrogens with zero attached hydrogens (tertiary/aromatic N) is 5. The van der Waals surface area contributed by atoms with E-state index in [-0.39, 0.29) is 6.04 Å². The van der Waals surface area contributed by atoms with Crippen molar-refractivity contribution in [2.45, 2.75) is 45.2 Å². The highest BCUT2D eigenvalue weighted by atomic mass is 15.3. The Bertz CT molecular complexity index is 560. The van der Waals surface area contributed by atoms with Crippen molar-refractivity contribution in [2.75, 3.05) is 5.32 Å². The zero-order chi connectivity index (χ0) is 13.2. The Labute approximate surface area is 112 Å². The fourth-order valence-electron chi connectivity index (χ4n) is 2.19. The van der Waals surface area contributed by atoms with Gasteiger partial charge in [-0.1, -0.05) is 0 Å². The van der Waals surface area contributed by atoms with E-state index in [4.69, 9.17) is 0 Å². The summed E-state index contributed by atoms with van der Waals surface area (Å²) in [7, 11) is 0. The quantitative estimate of drug-likeness (QED) is 0.889. The Hall–Kier alpha value is -1.98. The molecule has 1 aliphatic rings. The molecule has 6 nitrogen and oxygen atoms in total. The molecule has 6 heteroatoms. The summed E-state index contributed by atoms with van der Waals surface area (Å²) >= 11 is 0. The first kappa shape index (κ1) is 12.1. The van der Waals surface area contributed by atoms with Gasteiger partial charge in [-0.3, -0.25) is 0 Å². The van der Waals surface area contributed by atoms with Crippen molar-refractivity contribution in [3.05, 3.63) is 30.2 Å². The molecule has 2 heterocycles. The molecule has 0 unspecified atom stereocenters.